The number of carbonyl (C=O) groups excluding carboxylic acids is 2. The van der Waals surface area contributed by atoms with Crippen LogP contribution in [0.5, 0.6) is 0 Å². The van der Waals surface area contributed by atoms with Crippen LogP contribution >= 0.6 is 0 Å². The molecule has 2 N–H and O–H groups in total. The smallest absolute Gasteiger partial charge is 0.246 e. The van der Waals surface area contributed by atoms with Crippen LogP contribution in [0.2, 0.25) is 0 Å². The van der Waals surface area contributed by atoms with Gasteiger partial charge < -0.3 is 19.9 Å². The molecule has 3 rings (SSSR count). The highest BCUT2D eigenvalue weighted by Crippen LogP contribution is 2.17. The van der Waals surface area contributed by atoms with E-state index in [1.807, 2.05) is 24.3 Å². The Balaban J connectivity index is 1.78. The number of amides is 2. The monoisotopic (exact) mass is 370 g/mol. The van der Waals surface area contributed by atoms with Gasteiger partial charge in [0.2, 0.25) is 11.8 Å². The van der Waals surface area contributed by atoms with Gasteiger partial charge in [-0.2, -0.15) is 0 Å². The van der Waals surface area contributed by atoms with Crippen LogP contribution in [0.25, 0.3) is 11.0 Å². The number of anilines is 1. The van der Waals surface area contributed by atoms with Gasteiger partial charge in [-0.1, -0.05) is 12.1 Å². The van der Waals surface area contributed by atoms with Crippen molar-refractivity contribution in [2.75, 3.05) is 19.0 Å². The van der Waals surface area contributed by atoms with E-state index in [2.05, 4.69) is 15.6 Å². The summed E-state index contributed by atoms with van der Waals surface area (Å²) in [6.45, 7) is 0.124. The quantitative estimate of drug-likeness (QED) is 0.667. The Hall–Kier alpha value is -3.26. The molecule has 7 nitrogen and oxygen atoms in total. The van der Waals surface area contributed by atoms with E-state index < -0.39 is 0 Å². The summed E-state index contributed by atoms with van der Waals surface area (Å²) in [7, 11) is 1.44. The highest BCUT2D eigenvalue weighted by Gasteiger charge is 2.14. The number of benzene rings is 2. The van der Waals surface area contributed by atoms with Crippen LogP contribution in [0.1, 0.15) is 5.82 Å². The van der Waals surface area contributed by atoms with Gasteiger partial charge in [0.05, 0.1) is 17.6 Å². The van der Waals surface area contributed by atoms with Gasteiger partial charge >= 0.3 is 0 Å². The first kappa shape index (κ1) is 18.5. The fourth-order valence-electron chi connectivity index (χ4n) is 2.67. The number of methoxy groups -OCH3 is 1. The highest BCUT2D eigenvalue weighted by molar-refractivity contribution is 5.91. The number of nitrogens with one attached hydrogen (secondary N) is 2. The zero-order valence-corrected chi connectivity index (χ0v) is 14.7. The molecule has 0 radical (unpaired) electrons. The Morgan fingerprint density at radius 3 is 2.59 bits per heavy atom. The zero-order chi connectivity index (χ0) is 19.2. The van der Waals surface area contributed by atoms with Crippen LogP contribution in [0.3, 0.4) is 0 Å². The predicted molar refractivity (Wildman–Crippen MR) is 98.5 cm³/mol. The van der Waals surface area contributed by atoms with E-state index in [9.17, 15) is 14.0 Å². The molecule has 0 unspecified atom stereocenters. The van der Waals surface area contributed by atoms with E-state index in [4.69, 9.17) is 4.74 Å². The number of fused-ring (bicyclic) bond motifs is 1. The maximum Gasteiger partial charge on any atom is 0.246 e. The number of hydrogen-bond donors (Lipinski definition) is 2. The van der Waals surface area contributed by atoms with Crippen molar-refractivity contribution in [1.82, 2.24) is 14.9 Å². The summed E-state index contributed by atoms with van der Waals surface area (Å²) in [5.74, 6) is -0.376. The molecule has 0 saturated heterocycles. The maximum atomic E-state index is 13.0. The van der Waals surface area contributed by atoms with Crippen LogP contribution in [0.4, 0.5) is 10.1 Å². The fourth-order valence-corrected chi connectivity index (χ4v) is 2.67. The molecule has 0 bridgehead atoms. The van der Waals surface area contributed by atoms with Crippen molar-refractivity contribution in [3.63, 3.8) is 0 Å². The molecule has 0 saturated carbocycles. The topological polar surface area (TPSA) is 85.2 Å². The van der Waals surface area contributed by atoms with Crippen molar-refractivity contribution in [3.8, 4) is 0 Å². The van der Waals surface area contributed by atoms with Gasteiger partial charge in [0.1, 0.15) is 24.8 Å². The number of aromatic nitrogens is 2. The number of halogens is 1. The molecule has 0 aliphatic rings. The number of nitrogens with zero attached hydrogens (tertiary/aromatic N) is 2. The summed E-state index contributed by atoms with van der Waals surface area (Å²) < 4.78 is 19.5. The molecule has 27 heavy (non-hydrogen) atoms. The lowest BCUT2D eigenvalue weighted by Gasteiger charge is -2.11. The summed E-state index contributed by atoms with van der Waals surface area (Å²) in [4.78, 5) is 28.6. The van der Waals surface area contributed by atoms with Crippen LogP contribution in [0.15, 0.2) is 48.5 Å². The summed E-state index contributed by atoms with van der Waals surface area (Å²) in [5, 5.41) is 5.43. The Kier molecular flexibility index (Phi) is 5.77. The fraction of sp³-hybridized carbons (Fsp3) is 0.211. The summed E-state index contributed by atoms with van der Waals surface area (Å²) in [6.07, 6.45) is 0. The first-order chi connectivity index (χ1) is 13.1. The van der Waals surface area contributed by atoms with Gasteiger partial charge in [0.25, 0.3) is 0 Å². The Bertz CT molecular complexity index is 953. The van der Waals surface area contributed by atoms with E-state index in [1.165, 1.54) is 31.4 Å². The molecule has 1 aromatic heterocycles. The second kappa shape index (κ2) is 8.41. The Morgan fingerprint density at radius 1 is 1.11 bits per heavy atom. The molecule has 2 aromatic carbocycles. The number of ether oxygens (including phenoxy) is 1. The number of carbonyl (C=O) groups is 2. The highest BCUT2D eigenvalue weighted by atomic mass is 19.1. The second-order valence-electron chi connectivity index (χ2n) is 5.87. The van der Waals surface area contributed by atoms with E-state index in [-0.39, 0.29) is 37.3 Å². The minimum atomic E-state index is -0.373. The molecule has 140 valence electrons. The minimum Gasteiger partial charge on any atom is -0.375 e. The van der Waals surface area contributed by atoms with Crippen LogP contribution in [0, 0.1) is 5.82 Å². The van der Waals surface area contributed by atoms with E-state index >= 15 is 0 Å². The number of para-hydroxylation sites is 2. The minimum absolute atomic E-state index is 0.00731. The van der Waals surface area contributed by atoms with Crippen molar-refractivity contribution in [3.05, 3.63) is 60.2 Å². The van der Waals surface area contributed by atoms with Crippen molar-refractivity contribution in [2.24, 2.45) is 0 Å². The van der Waals surface area contributed by atoms with Crippen LogP contribution in [-0.4, -0.2) is 35.1 Å². The van der Waals surface area contributed by atoms with Gasteiger partial charge in [-0.05, 0) is 36.4 Å². The first-order valence-electron chi connectivity index (χ1n) is 8.32. The van der Waals surface area contributed by atoms with E-state index in [0.717, 1.165) is 11.0 Å². The zero-order valence-electron chi connectivity index (χ0n) is 14.7. The molecule has 0 aliphatic carbocycles. The SMILES string of the molecule is COCC(=O)NCc1nc2ccccc2n1CC(=O)Nc1ccc(F)cc1. The Labute approximate surface area is 155 Å². The van der Waals surface area contributed by atoms with Gasteiger partial charge in [0.15, 0.2) is 0 Å². The number of hydrogen-bond acceptors (Lipinski definition) is 4. The summed E-state index contributed by atoms with van der Waals surface area (Å²) in [6, 6.07) is 12.9. The van der Waals surface area contributed by atoms with Crippen molar-refractivity contribution in [2.45, 2.75) is 13.1 Å². The van der Waals surface area contributed by atoms with Gasteiger partial charge in [-0.15, -0.1) is 0 Å². The van der Waals surface area contributed by atoms with Crippen molar-refractivity contribution < 1.29 is 18.7 Å². The Morgan fingerprint density at radius 2 is 1.85 bits per heavy atom. The third kappa shape index (κ3) is 4.68. The van der Waals surface area contributed by atoms with E-state index in [1.54, 1.807) is 4.57 Å². The summed E-state index contributed by atoms with van der Waals surface area (Å²) >= 11 is 0. The third-order valence-corrected chi connectivity index (χ3v) is 3.88. The van der Waals surface area contributed by atoms with Gasteiger partial charge in [-0.3, -0.25) is 9.59 Å². The molecular formula is C19H19FN4O3. The molecule has 8 heteroatoms. The van der Waals surface area contributed by atoms with Crippen molar-refractivity contribution >= 4 is 28.5 Å². The standard InChI is InChI=1S/C19H19FN4O3/c1-27-12-19(26)21-10-17-23-15-4-2-3-5-16(15)24(17)11-18(25)22-14-8-6-13(20)7-9-14/h2-9H,10-12H2,1H3,(H,21,26)(H,22,25). The molecule has 0 spiro atoms. The van der Waals surface area contributed by atoms with Gasteiger partial charge in [0, 0.05) is 12.8 Å². The predicted octanol–water partition coefficient (Wildman–Crippen LogP) is 2.08. The van der Waals surface area contributed by atoms with E-state index in [0.29, 0.717) is 11.5 Å². The lowest BCUT2D eigenvalue weighted by molar-refractivity contribution is -0.124. The lowest BCUT2D eigenvalue weighted by atomic mass is 10.3. The van der Waals surface area contributed by atoms with Crippen LogP contribution in [-0.2, 0) is 27.4 Å². The van der Waals surface area contributed by atoms with Gasteiger partial charge in [-0.25, -0.2) is 9.37 Å². The third-order valence-electron chi connectivity index (χ3n) is 3.88. The normalized spacial score (nSPS) is 10.7. The molecule has 0 atom stereocenters. The number of imidazole rings is 1. The molecule has 0 fully saturated rings. The largest absolute Gasteiger partial charge is 0.375 e. The lowest BCUT2D eigenvalue weighted by Crippen LogP contribution is -2.29. The summed E-state index contributed by atoms with van der Waals surface area (Å²) in [5.41, 5.74) is 2.01. The molecule has 0 aliphatic heterocycles. The molecule has 1 heterocycles. The number of rotatable bonds is 7. The average Bonchev–Trinajstić information content (AvgIpc) is 3.00. The van der Waals surface area contributed by atoms with Crippen LogP contribution < -0.4 is 10.6 Å². The first-order valence-corrected chi connectivity index (χ1v) is 8.32. The average molecular weight is 370 g/mol. The maximum absolute atomic E-state index is 13.0. The molecule has 3 aromatic rings. The molecular weight excluding hydrogens is 351 g/mol. The molecule has 2 amide bonds. The van der Waals surface area contributed by atoms with Crippen molar-refractivity contribution in [1.29, 1.82) is 0 Å². The second-order valence-corrected chi connectivity index (χ2v) is 5.87.